The van der Waals surface area contributed by atoms with Gasteiger partial charge in [-0.3, -0.25) is 0 Å². The van der Waals surface area contributed by atoms with Crippen LogP contribution in [0.3, 0.4) is 0 Å². The van der Waals surface area contributed by atoms with Crippen molar-refractivity contribution in [2.45, 2.75) is 0 Å². The van der Waals surface area contributed by atoms with Crippen LogP contribution in [-0.2, 0) is 19.5 Å². The Bertz CT molecular complexity index is 1600. The quantitative estimate of drug-likeness (QED) is 0.0733. The molecule has 0 N–H and O–H groups in total. The summed E-state index contributed by atoms with van der Waals surface area (Å²) in [4.78, 5) is 5.36. The summed E-state index contributed by atoms with van der Waals surface area (Å²) in [6.07, 6.45) is 15.5. The summed E-state index contributed by atoms with van der Waals surface area (Å²) in [5.74, 6) is 0. The summed E-state index contributed by atoms with van der Waals surface area (Å²) in [5, 5.41) is 17.2. The van der Waals surface area contributed by atoms with E-state index in [2.05, 4.69) is 135 Å². The van der Waals surface area contributed by atoms with E-state index in [4.69, 9.17) is 23.2 Å². The molecule has 4 aliphatic heterocycles. The second-order valence-corrected chi connectivity index (χ2v) is 22.0. The fourth-order valence-corrected chi connectivity index (χ4v) is 18.1. The van der Waals surface area contributed by atoms with E-state index in [1.807, 2.05) is 50.6 Å². The van der Waals surface area contributed by atoms with Gasteiger partial charge in [-0.15, -0.1) is 23.2 Å². The van der Waals surface area contributed by atoms with E-state index in [1.54, 1.807) is 24.9 Å². The van der Waals surface area contributed by atoms with Crippen LogP contribution in [0.1, 0.15) is 0 Å². The van der Waals surface area contributed by atoms with Crippen molar-refractivity contribution in [1.82, 2.24) is 38.9 Å². The van der Waals surface area contributed by atoms with Crippen molar-refractivity contribution in [3.8, 4) is 0 Å². The van der Waals surface area contributed by atoms with Crippen molar-refractivity contribution >= 4 is 80.7 Å². The molecular weight excluding hydrogens is 1070 g/mol. The van der Waals surface area contributed by atoms with Gasteiger partial charge in [0.25, 0.3) is 0 Å². The Hall–Kier alpha value is -0.952. The first kappa shape index (κ1) is 43.8. The van der Waals surface area contributed by atoms with Crippen LogP contribution in [0, 0.1) is 0 Å². The number of benzene rings is 3. The first-order valence-electron chi connectivity index (χ1n) is 16.1. The molecule has 4 aliphatic rings. The van der Waals surface area contributed by atoms with Crippen LogP contribution in [-0.4, -0.2) is 92.9 Å². The van der Waals surface area contributed by atoms with Crippen LogP contribution in [0.4, 0.5) is 0 Å². The SMILES string of the molecule is ClCCl.I[I-][N+]12CN3CN(CP(C3)C1)C2.[Cl-].[Ru+2].c1ccc(P(c2ccccc2)c2ccccc2)cc1.c1cnn([BH-](n2cccn2)n2cccn2)c1. The van der Waals surface area contributed by atoms with E-state index in [0.717, 1.165) is 0 Å². The maximum atomic E-state index is 4.76. The maximum absolute atomic E-state index is 4.76. The molecule has 276 valence electrons. The summed E-state index contributed by atoms with van der Waals surface area (Å²) < 4.78 is 7.10. The third-order valence-electron chi connectivity index (χ3n) is 8.29. The fourth-order valence-electron chi connectivity index (χ4n) is 6.55. The van der Waals surface area contributed by atoms with E-state index in [9.17, 15) is 0 Å². The van der Waals surface area contributed by atoms with Gasteiger partial charge in [-0.1, -0.05) is 91.0 Å². The minimum Gasteiger partial charge on any atom is -1.00 e. The van der Waals surface area contributed by atoms with Gasteiger partial charge in [0, 0.05) is 18.6 Å². The molecule has 3 aromatic heterocycles. The van der Waals surface area contributed by atoms with Gasteiger partial charge in [0.15, 0.2) is 0 Å². The van der Waals surface area contributed by atoms with Crippen molar-refractivity contribution < 1.29 is 52.1 Å². The first-order valence-corrected chi connectivity index (χ1v) is 27.7. The first-order chi connectivity index (χ1) is 24.6. The molecule has 6 aromatic rings. The van der Waals surface area contributed by atoms with Crippen LogP contribution in [0.25, 0.3) is 0 Å². The second kappa shape index (κ2) is 22.6. The predicted octanol–water partition coefficient (Wildman–Crippen LogP) is -0.165. The topological polar surface area (TPSA) is 59.9 Å². The minimum atomic E-state index is -1.12. The average molecular weight is 1110 g/mol. The number of nitrogens with zero attached hydrogens (tertiary/aromatic N) is 9. The molecule has 4 fully saturated rings. The van der Waals surface area contributed by atoms with Crippen LogP contribution in [0.15, 0.2) is 146 Å². The van der Waals surface area contributed by atoms with Crippen LogP contribution in [0.2, 0.25) is 0 Å². The average Bonchev–Trinajstić information content (AvgIpc) is 3.97. The molecule has 4 bridgehead atoms. The van der Waals surface area contributed by atoms with Crippen molar-refractivity contribution in [2.24, 2.45) is 0 Å². The largest absolute Gasteiger partial charge is 2.00 e. The molecule has 0 saturated carbocycles. The Morgan fingerprint density at radius 2 is 1.04 bits per heavy atom. The van der Waals surface area contributed by atoms with Gasteiger partial charge >= 0.3 is 122 Å². The predicted molar refractivity (Wildman–Crippen MR) is 216 cm³/mol. The summed E-state index contributed by atoms with van der Waals surface area (Å²) in [6, 6.07) is 38.0. The summed E-state index contributed by atoms with van der Waals surface area (Å²) in [5.41, 5.74) is 0. The van der Waals surface area contributed by atoms with Gasteiger partial charge in [-0.25, -0.2) is 15.3 Å². The Labute approximate surface area is 358 Å². The van der Waals surface area contributed by atoms with Gasteiger partial charge in [-0.2, -0.15) is 0 Å². The van der Waals surface area contributed by atoms with E-state index < -0.39 is 15.0 Å². The van der Waals surface area contributed by atoms with Crippen LogP contribution >= 0.6 is 57.7 Å². The van der Waals surface area contributed by atoms with E-state index >= 15 is 0 Å². The summed E-state index contributed by atoms with van der Waals surface area (Å²) in [7, 11) is -1.19. The molecule has 0 radical (unpaired) electrons. The number of rotatable bonds is 7. The smallest absolute Gasteiger partial charge is 1.00 e. The molecule has 0 spiro atoms. The summed E-state index contributed by atoms with van der Waals surface area (Å²) in [6.45, 7) is 4.04. The molecular formula is C34H39BCl3I2N9P2Ru. The van der Waals surface area contributed by atoms with Crippen molar-refractivity contribution in [3.05, 3.63) is 146 Å². The number of halogens is 5. The number of hydrogen-bond acceptors (Lipinski definition) is 5. The number of hydrogen-bond donors (Lipinski definition) is 0. The Morgan fingerprint density at radius 3 is 1.33 bits per heavy atom. The summed E-state index contributed by atoms with van der Waals surface area (Å²) >= 11 is 12.6. The van der Waals surface area contributed by atoms with Gasteiger partial charge in [-0.05, 0) is 60.6 Å². The third kappa shape index (κ3) is 11.8. The normalized spacial score (nSPS) is 20.7. The Balaban J connectivity index is 0.000000168. The van der Waals surface area contributed by atoms with Gasteiger partial charge in [0.05, 0.1) is 5.34 Å². The van der Waals surface area contributed by atoms with Crippen LogP contribution < -0.4 is 45.8 Å². The van der Waals surface area contributed by atoms with E-state index in [1.165, 1.54) is 51.2 Å². The fraction of sp³-hybridized carbons (Fsp3) is 0.206. The molecule has 7 heterocycles. The molecule has 2 unspecified atom stereocenters. The Kier molecular flexibility index (Phi) is 19.0. The van der Waals surface area contributed by atoms with Crippen molar-refractivity contribution in [1.29, 1.82) is 0 Å². The Morgan fingerprint density at radius 1 is 0.673 bits per heavy atom. The number of alkyl halides is 2. The zero-order valence-corrected chi connectivity index (χ0v) is 38.3. The molecule has 52 heavy (non-hydrogen) atoms. The molecule has 2 atom stereocenters. The zero-order chi connectivity index (χ0) is 34.6. The maximum Gasteiger partial charge on any atom is 2.00 e. The van der Waals surface area contributed by atoms with Crippen LogP contribution in [0.5, 0.6) is 0 Å². The molecule has 0 amide bonds. The van der Waals surface area contributed by atoms with Gasteiger partial charge < -0.3 is 26.2 Å². The van der Waals surface area contributed by atoms with Crippen molar-refractivity contribution in [2.75, 3.05) is 44.2 Å². The number of quaternary nitrogens is 1. The van der Waals surface area contributed by atoms with Crippen molar-refractivity contribution in [3.63, 3.8) is 0 Å². The number of aromatic nitrogens is 6. The second-order valence-electron chi connectivity index (χ2n) is 12.0. The molecule has 10 rings (SSSR count). The molecule has 3 aromatic carbocycles. The third-order valence-corrected chi connectivity index (χ3v) is 20.7. The van der Waals surface area contributed by atoms with Gasteiger partial charge in [0.2, 0.25) is 0 Å². The van der Waals surface area contributed by atoms with Gasteiger partial charge in [0.1, 0.15) is 0 Å². The van der Waals surface area contributed by atoms with E-state index in [-0.39, 0.29) is 37.2 Å². The standard InChI is InChI=1S/C18H15P.C9H10BN6.C6H12I2N3P.CH2Cl2.ClH.Ru/c1-4-10-16(11-5-1)19(17-12-6-2-7-13-17)18-14-8-3-9-15-18;1-4-11-14(7-1)10(15-8-2-5-12-15)16-9-3-6-13-16;7-8-11-2-9-1-10(3-11)5-12(4-9)6-11;2-1-3;;/h1-15H;1-10H;1-6H2;1H2;1H;/q;-1;;;;+2/p-1. The van der Waals surface area contributed by atoms with E-state index in [0.29, 0.717) is 25.4 Å². The minimum absolute atomic E-state index is 0. The zero-order valence-electron chi connectivity index (χ0n) is 28.2. The molecule has 9 nitrogen and oxygen atoms in total. The molecule has 4 saturated heterocycles. The monoisotopic (exact) mass is 1110 g/mol. The molecule has 0 aliphatic carbocycles. The molecule has 18 heteroatoms.